The fraction of sp³-hybridized carbons (Fsp3) is 0.647. The van der Waals surface area contributed by atoms with Crippen LogP contribution in [0.15, 0.2) is 29.2 Å². The molecular formula is C17H25F2NS. The van der Waals surface area contributed by atoms with Crippen molar-refractivity contribution < 1.29 is 8.78 Å². The third-order valence-electron chi connectivity index (χ3n) is 4.40. The van der Waals surface area contributed by atoms with E-state index in [1.54, 1.807) is 12.1 Å². The minimum atomic E-state index is -2.35. The Balaban J connectivity index is 1.83. The smallest absolute Gasteiger partial charge is 0.288 e. The Morgan fingerprint density at radius 3 is 2.10 bits per heavy atom. The molecule has 0 amide bonds. The van der Waals surface area contributed by atoms with E-state index in [1.165, 1.54) is 25.7 Å². The largest absolute Gasteiger partial charge is 0.382 e. The van der Waals surface area contributed by atoms with Crippen molar-refractivity contribution in [1.29, 1.82) is 0 Å². The molecule has 0 spiro atoms. The summed E-state index contributed by atoms with van der Waals surface area (Å²) in [7, 11) is 0. The van der Waals surface area contributed by atoms with Crippen LogP contribution in [0.25, 0.3) is 0 Å². The van der Waals surface area contributed by atoms with Crippen molar-refractivity contribution in [3.8, 4) is 0 Å². The van der Waals surface area contributed by atoms with Gasteiger partial charge in [0.25, 0.3) is 5.76 Å². The molecule has 1 N–H and O–H groups in total. The van der Waals surface area contributed by atoms with E-state index in [-0.39, 0.29) is 0 Å². The average Bonchev–Trinajstić information content (AvgIpc) is 2.40. The van der Waals surface area contributed by atoms with E-state index in [2.05, 4.69) is 26.1 Å². The summed E-state index contributed by atoms with van der Waals surface area (Å²) in [6, 6.07) is 7.85. The number of alkyl halides is 2. The molecule has 1 fully saturated rings. The van der Waals surface area contributed by atoms with E-state index < -0.39 is 5.76 Å². The number of halogens is 2. The predicted molar refractivity (Wildman–Crippen MR) is 87.1 cm³/mol. The highest BCUT2D eigenvalue weighted by Gasteiger charge is 2.29. The summed E-state index contributed by atoms with van der Waals surface area (Å²) in [5, 5.41) is 3.54. The van der Waals surface area contributed by atoms with Crippen LogP contribution < -0.4 is 5.32 Å². The SMILES string of the molecule is CC(C)(C)C1CCC(Nc2ccc(SC(F)F)cc2)CC1. The monoisotopic (exact) mass is 313 g/mol. The van der Waals surface area contributed by atoms with Crippen LogP contribution in [0, 0.1) is 11.3 Å². The van der Waals surface area contributed by atoms with Gasteiger partial charge in [0.1, 0.15) is 0 Å². The van der Waals surface area contributed by atoms with Crippen LogP contribution in [0.3, 0.4) is 0 Å². The molecule has 0 heterocycles. The first-order chi connectivity index (χ1) is 9.84. The van der Waals surface area contributed by atoms with Gasteiger partial charge in [-0.05, 0) is 61.3 Å². The van der Waals surface area contributed by atoms with E-state index in [0.29, 0.717) is 28.1 Å². The lowest BCUT2D eigenvalue weighted by Crippen LogP contribution is -2.31. The maximum absolute atomic E-state index is 12.3. The molecule has 1 aromatic carbocycles. The molecule has 2 rings (SSSR count). The molecule has 0 atom stereocenters. The fourth-order valence-corrected chi connectivity index (χ4v) is 3.57. The lowest BCUT2D eigenvalue weighted by Gasteiger charge is -2.37. The van der Waals surface area contributed by atoms with E-state index >= 15 is 0 Å². The molecule has 1 aromatic rings. The van der Waals surface area contributed by atoms with Crippen LogP contribution in [-0.2, 0) is 0 Å². The van der Waals surface area contributed by atoms with Gasteiger partial charge >= 0.3 is 0 Å². The first-order valence-electron chi connectivity index (χ1n) is 7.66. The Morgan fingerprint density at radius 2 is 1.62 bits per heavy atom. The van der Waals surface area contributed by atoms with Crippen LogP contribution in [0.1, 0.15) is 46.5 Å². The third kappa shape index (κ3) is 5.17. The molecule has 0 aromatic heterocycles. The lowest BCUT2D eigenvalue weighted by molar-refractivity contribution is 0.173. The summed E-state index contributed by atoms with van der Waals surface area (Å²) in [5.74, 6) is -1.54. The highest BCUT2D eigenvalue weighted by Crippen LogP contribution is 2.38. The second-order valence-corrected chi connectivity index (χ2v) is 8.03. The van der Waals surface area contributed by atoms with Crippen molar-refractivity contribution in [3.63, 3.8) is 0 Å². The number of nitrogens with one attached hydrogen (secondary N) is 1. The summed E-state index contributed by atoms with van der Waals surface area (Å²) < 4.78 is 24.5. The summed E-state index contributed by atoms with van der Waals surface area (Å²) in [6.07, 6.45) is 4.91. The quantitative estimate of drug-likeness (QED) is 0.682. The van der Waals surface area contributed by atoms with Crippen molar-refractivity contribution in [1.82, 2.24) is 0 Å². The van der Waals surface area contributed by atoms with E-state index in [4.69, 9.17) is 0 Å². The summed E-state index contributed by atoms with van der Waals surface area (Å²) in [5.41, 5.74) is 1.44. The van der Waals surface area contributed by atoms with Gasteiger partial charge in [-0.1, -0.05) is 32.5 Å². The normalized spacial score (nSPS) is 23.3. The van der Waals surface area contributed by atoms with Gasteiger partial charge in [0.05, 0.1) is 0 Å². The maximum Gasteiger partial charge on any atom is 0.288 e. The summed E-state index contributed by atoms with van der Waals surface area (Å²) >= 11 is 0.595. The summed E-state index contributed by atoms with van der Waals surface area (Å²) in [4.78, 5) is 0.618. The fourth-order valence-electron chi connectivity index (χ4n) is 3.07. The molecule has 1 aliphatic carbocycles. The molecule has 1 aliphatic rings. The molecule has 0 radical (unpaired) electrons. The van der Waals surface area contributed by atoms with Gasteiger partial charge in [0.2, 0.25) is 0 Å². The zero-order chi connectivity index (χ0) is 15.5. The molecule has 0 saturated heterocycles. The average molecular weight is 313 g/mol. The third-order valence-corrected chi connectivity index (χ3v) is 5.12. The molecule has 1 nitrogen and oxygen atoms in total. The van der Waals surface area contributed by atoms with Crippen molar-refractivity contribution in [2.75, 3.05) is 5.32 Å². The van der Waals surface area contributed by atoms with Crippen LogP contribution in [0.5, 0.6) is 0 Å². The van der Waals surface area contributed by atoms with Gasteiger partial charge in [-0.25, -0.2) is 0 Å². The standard InChI is InChI=1S/C17H25F2NS/c1-17(2,3)12-4-6-13(7-5-12)20-14-8-10-15(11-9-14)21-16(18)19/h8-13,16,20H,4-7H2,1-3H3. The molecule has 4 heteroatoms. The van der Waals surface area contributed by atoms with Gasteiger partial charge in [-0.2, -0.15) is 8.78 Å². The number of rotatable bonds is 4. The highest BCUT2D eigenvalue weighted by atomic mass is 32.2. The maximum atomic E-state index is 12.3. The van der Waals surface area contributed by atoms with Crippen LogP contribution in [0.2, 0.25) is 0 Å². The van der Waals surface area contributed by atoms with Crippen molar-refractivity contribution >= 4 is 17.4 Å². The van der Waals surface area contributed by atoms with Crippen molar-refractivity contribution in [2.45, 2.75) is 63.1 Å². The Labute approximate surface area is 130 Å². The predicted octanol–water partition coefficient (Wildman–Crippen LogP) is 6.02. The van der Waals surface area contributed by atoms with Gasteiger partial charge in [0.15, 0.2) is 0 Å². The second kappa shape index (κ2) is 6.99. The molecule has 1 saturated carbocycles. The van der Waals surface area contributed by atoms with Gasteiger partial charge in [0, 0.05) is 16.6 Å². The number of benzene rings is 1. The lowest BCUT2D eigenvalue weighted by atomic mass is 9.71. The van der Waals surface area contributed by atoms with Crippen LogP contribution >= 0.6 is 11.8 Å². The van der Waals surface area contributed by atoms with Crippen LogP contribution in [0.4, 0.5) is 14.5 Å². The van der Waals surface area contributed by atoms with E-state index in [9.17, 15) is 8.78 Å². The van der Waals surface area contributed by atoms with Gasteiger partial charge in [-0.15, -0.1) is 0 Å². The zero-order valence-corrected chi connectivity index (χ0v) is 13.9. The second-order valence-electron chi connectivity index (χ2n) is 6.96. The minimum absolute atomic E-state index is 0.402. The topological polar surface area (TPSA) is 12.0 Å². The first kappa shape index (κ1) is 16.6. The number of anilines is 1. The van der Waals surface area contributed by atoms with Gasteiger partial charge < -0.3 is 5.32 Å². The van der Waals surface area contributed by atoms with Crippen LogP contribution in [-0.4, -0.2) is 11.8 Å². The Bertz CT molecular complexity index is 431. The molecule has 0 aliphatic heterocycles. The van der Waals surface area contributed by atoms with Crippen molar-refractivity contribution in [3.05, 3.63) is 24.3 Å². The van der Waals surface area contributed by atoms with E-state index in [1.807, 2.05) is 12.1 Å². The highest BCUT2D eigenvalue weighted by molar-refractivity contribution is 7.99. The number of hydrogen-bond acceptors (Lipinski definition) is 2. The molecule has 118 valence electrons. The zero-order valence-electron chi connectivity index (χ0n) is 13.0. The van der Waals surface area contributed by atoms with E-state index in [0.717, 1.165) is 11.6 Å². The molecule has 0 bridgehead atoms. The molecule has 21 heavy (non-hydrogen) atoms. The Hall–Kier alpha value is -0.770. The molecular weight excluding hydrogens is 288 g/mol. The Morgan fingerprint density at radius 1 is 1.05 bits per heavy atom. The number of hydrogen-bond donors (Lipinski definition) is 1. The number of thioether (sulfide) groups is 1. The van der Waals surface area contributed by atoms with Crippen molar-refractivity contribution in [2.24, 2.45) is 11.3 Å². The Kier molecular flexibility index (Phi) is 5.53. The first-order valence-corrected chi connectivity index (χ1v) is 8.54. The summed E-state index contributed by atoms with van der Waals surface area (Å²) in [6.45, 7) is 6.97. The van der Waals surface area contributed by atoms with Gasteiger partial charge in [-0.3, -0.25) is 0 Å². The molecule has 0 unspecified atom stereocenters. The minimum Gasteiger partial charge on any atom is -0.382 e.